The summed E-state index contributed by atoms with van der Waals surface area (Å²) in [7, 11) is 0. The minimum Gasteiger partial charge on any atom is -0.508 e. The molecule has 0 spiro atoms. The third kappa shape index (κ3) is 3.51. The quantitative estimate of drug-likeness (QED) is 0.776. The summed E-state index contributed by atoms with van der Waals surface area (Å²) in [6, 6.07) is 15.1. The lowest BCUT2D eigenvalue weighted by atomic mass is 9.97. The summed E-state index contributed by atoms with van der Waals surface area (Å²) in [4.78, 5) is 19.2. The molecule has 1 saturated heterocycles. The second-order valence-electron chi connectivity index (χ2n) is 6.52. The number of carbonyl (C=O) groups excluding carboxylic acids is 1. The third-order valence-electron chi connectivity index (χ3n) is 4.80. The lowest BCUT2D eigenvalue weighted by molar-refractivity contribution is -0.131. The zero-order valence-corrected chi connectivity index (χ0v) is 14.7. The number of piperidine rings is 1. The number of aromatic nitrogens is 1. The molecule has 2 aromatic carbocycles. The van der Waals surface area contributed by atoms with Crippen LogP contribution >= 0.6 is 11.3 Å². The molecule has 3 aromatic rings. The van der Waals surface area contributed by atoms with Crippen molar-refractivity contribution in [1.82, 2.24) is 9.88 Å². The zero-order valence-electron chi connectivity index (χ0n) is 13.9. The molecule has 0 aliphatic carbocycles. The summed E-state index contributed by atoms with van der Waals surface area (Å²) < 4.78 is 1.24. The van der Waals surface area contributed by atoms with Crippen LogP contribution in [0.4, 0.5) is 0 Å². The van der Waals surface area contributed by atoms with Crippen LogP contribution in [0.1, 0.15) is 29.3 Å². The second-order valence-corrected chi connectivity index (χ2v) is 7.58. The Morgan fingerprint density at radius 2 is 1.84 bits per heavy atom. The number of rotatable bonds is 3. The van der Waals surface area contributed by atoms with E-state index in [4.69, 9.17) is 4.98 Å². The highest BCUT2D eigenvalue weighted by atomic mass is 32.1. The van der Waals surface area contributed by atoms with Crippen molar-refractivity contribution in [1.29, 1.82) is 0 Å². The topological polar surface area (TPSA) is 53.4 Å². The zero-order chi connectivity index (χ0) is 17.2. The number of phenolic OH excluding ortho intramolecular Hbond substituents is 1. The van der Waals surface area contributed by atoms with Gasteiger partial charge < -0.3 is 10.0 Å². The Hall–Kier alpha value is -2.40. The highest BCUT2D eigenvalue weighted by Gasteiger charge is 2.25. The smallest absolute Gasteiger partial charge is 0.226 e. The van der Waals surface area contributed by atoms with Gasteiger partial charge in [-0.25, -0.2) is 4.98 Å². The molecule has 1 fully saturated rings. The predicted molar refractivity (Wildman–Crippen MR) is 100.0 cm³/mol. The van der Waals surface area contributed by atoms with E-state index in [0.29, 0.717) is 12.3 Å². The molecule has 5 heteroatoms. The highest BCUT2D eigenvalue weighted by molar-refractivity contribution is 7.18. The van der Waals surface area contributed by atoms with Crippen molar-refractivity contribution in [2.24, 2.45) is 0 Å². The number of phenols is 1. The van der Waals surface area contributed by atoms with Gasteiger partial charge in [-0.1, -0.05) is 24.3 Å². The van der Waals surface area contributed by atoms with Gasteiger partial charge >= 0.3 is 0 Å². The molecule has 0 bridgehead atoms. The average Bonchev–Trinajstić information content (AvgIpc) is 3.08. The first-order valence-electron chi connectivity index (χ1n) is 8.60. The fourth-order valence-corrected chi connectivity index (χ4v) is 4.48. The van der Waals surface area contributed by atoms with Crippen molar-refractivity contribution in [2.45, 2.75) is 25.2 Å². The minimum absolute atomic E-state index is 0.161. The number of amides is 1. The molecule has 0 unspecified atom stereocenters. The van der Waals surface area contributed by atoms with Crippen LogP contribution in [0.25, 0.3) is 10.2 Å². The van der Waals surface area contributed by atoms with Crippen LogP contribution in [0.5, 0.6) is 5.75 Å². The van der Waals surface area contributed by atoms with Crippen molar-refractivity contribution < 1.29 is 9.90 Å². The number of carbonyl (C=O) groups is 1. The maximum atomic E-state index is 12.5. The fourth-order valence-electron chi connectivity index (χ4n) is 3.34. The van der Waals surface area contributed by atoms with E-state index >= 15 is 0 Å². The van der Waals surface area contributed by atoms with Gasteiger partial charge in [-0.05, 0) is 42.7 Å². The van der Waals surface area contributed by atoms with Crippen molar-refractivity contribution in [3.05, 3.63) is 59.1 Å². The normalized spacial score (nSPS) is 15.6. The molecule has 128 valence electrons. The minimum atomic E-state index is 0.161. The Morgan fingerprint density at radius 3 is 2.56 bits per heavy atom. The number of fused-ring (bicyclic) bond motifs is 1. The third-order valence-corrected chi connectivity index (χ3v) is 6.00. The first-order valence-corrected chi connectivity index (χ1v) is 9.42. The van der Waals surface area contributed by atoms with E-state index in [2.05, 4.69) is 18.2 Å². The van der Waals surface area contributed by atoms with Gasteiger partial charge in [0.1, 0.15) is 5.75 Å². The Kier molecular flexibility index (Phi) is 4.40. The molecule has 25 heavy (non-hydrogen) atoms. The number of likely N-dealkylation sites (tertiary alicyclic amines) is 1. The Balaban J connectivity index is 1.37. The van der Waals surface area contributed by atoms with Crippen LogP contribution in [0.2, 0.25) is 0 Å². The van der Waals surface area contributed by atoms with Crippen LogP contribution < -0.4 is 0 Å². The van der Waals surface area contributed by atoms with E-state index in [1.165, 1.54) is 9.71 Å². The molecule has 2 heterocycles. The van der Waals surface area contributed by atoms with E-state index in [1.807, 2.05) is 11.0 Å². The van der Waals surface area contributed by atoms with Gasteiger partial charge in [0.25, 0.3) is 0 Å². The highest BCUT2D eigenvalue weighted by Crippen LogP contribution is 2.33. The summed E-state index contributed by atoms with van der Waals surface area (Å²) in [5.41, 5.74) is 2.02. The van der Waals surface area contributed by atoms with Crippen LogP contribution in [-0.4, -0.2) is 34.0 Å². The summed E-state index contributed by atoms with van der Waals surface area (Å²) >= 11 is 1.78. The molecule has 0 saturated carbocycles. The molecule has 0 atom stereocenters. The molecule has 1 amide bonds. The standard InChI is InChI=1S/C20H20N2O2S/c23-16-7-5-14(6-8-16)13-19(24)22-11-9-15(10-12-22)20-21-17-3-1-2-4-18(17)25-20/h1-8,15,23H,9-13H2. The first-order chi connectivity index (χ1) is 12.2. The van der Waals surface area contributed by atoms with Crippen LogP contribution in [0.15, 0.2) is 48.5 Å². The van der Waals surface area contributed by atoms with E-state index in [9.17, 15) is 9.90 Å². The number of aromatic hydroxyl groups is 1. The maximum Gasteiger partial charge on any atom is 0.226 e. The maximum absolute atomic E-state index is 12.5. The van der Waals surface area contributed by atoms with Gasteiger partial charge in [0.2, 0.25) is 5.91 Å². The number of hydrogen-bond donors (Lipinski definition) is 1. The molecular weight excluding hydrogens is 332 g/mol. The number of hydrogen-bond acceptors (Lipinski definition) is 4. The molecule has 4 rings (SSSR count). The van der Waals surface area contributed by atoms with Crippen LogP contribution in [0, 0.1) is 0 Å². The van der Waals surface area contributed by atoms with Gasteiger partial charge in [-0.2, -0.15) is 0 Å². The second kappa shape index (κ2) is 6.84. The van der Waals surface area contributed by atoms with E-state index in [0.717, 1.165) is 37.0 Å². The molecule has 0 radical (unpaired) electrons. The summed E-state index contributed by atoms with van der Waals surface area (Å²) in [6.07, 6.45) is 2.34. The largest absolute Gasteiger partial charge is 0.508 e. The van der Waals surface area contributed by atoms with Crippen LogP contribution in [0.3, 0.4) is 0 Å². The van der Waals surface area contributed by atoms with E-state index in [1.54, 1.807) is 35.6 Å². The van der Waals surface area contributed by atoms with Gasteiger partial charge in [0.15, 0.2) is 0 Å². The Morgan fingerprint density at radius 1 is 1.12 bits per heavy atom. The molecule has 1 aromatic heterocycles. The number of thiazole rings is 1. The Labute approximate surface area is 150 Å². The lowest BCUT2D eigenvalue weighted by Gasteiger charge is -2.31. The average molecular weight is 352 g/mol. The molecule has 4 nitrogen and oxygen atoms in total. The van der Waals surface area contributed by atoms with Gasteiger partial charge in [0.05, 0.1) is 21.6 Å². The van der Waals surface area contributed by atoms with Gasteiger partial charge in [-0.3, -0.25) is 4.79 Å². The van der Waals surface area contributed by atoms with Crippen molar-refractivity contribution >= 4 is 27.5 Å². The summed E-state index contributed by atoms with van der Waals surface area (Å²) in [6.45, 7) is 1.58. The lowest BCUT2D eigenvalue weighted by Crippen LogP contribution is -2.38. The molecule has 1 N–H and O–H groups in total. The summed E-state index contributed by atoms with van der Waals surface area (Å²) in [5, 5.41) is 10.5. The summed E-state index contributed by atoms with van der Waals surface area (Å²) in [5.74, 6) is 0.844. The Bertz CT molecular complexity index is 847. The van der Waals surface area contributed by atoms with Gasteiger partial charge in [0, 0.05) is 19.0 Å². The van der Waals surface area contributed by atoms with Crippen molar-refractivity contribution in [2.75, 3.05) is 13.1 Å². The van der Waals surface area contributed by atoms with Crippen molar-refractivity contribution in [3.8, 4) is 5.75 Å². The monoisotopic (exact) mass is 352 g/mol. The van der Waals surface area contributed by atoms with Gasteiger partial charge in [-0.15, -0.1) is 11.3 Å². The molecular formula is C20H20N2O2S. The molecule has 1 aliphatic heterocycles. The number of para-hydroxylation sites is 1. The SMILES string of the molecule is O=C(Cc1ccc(O)cc1)N1CCC(c2nc3ccccc3s2)CC1. The van der Waals surface area contributed by atoms with E-state index < -0.39 is 0 Å². The van der Waals surface area contributed by atoms with Crippen molar-refractivity contribution in [3.63, 3.8) is 0 Å². The fraction of sp³-hybridized carbons (Fsp3) is 0.300. The number of benzene rings is 2. The predicted octanol–water partition coefficient (Wildman–Crippen LogP) is 3.95. The van der Waals surface area contributed by atoms with E-state index in [-0.39, 0.29) is 11.7 Å². The molecule has 1 aliphatic rings. The first kappa shape index (κ1) is 16.1. The number of nitrogens with zero attached hydrogens (tertiary/aromatic N) is 2. The van der Waals surface area contributed by atoms with Crippen LogP contribution in [-0.2, 0) is 11.2 Å².